The molecule has 2 aromatic rings. The van der Waals surface area contributed by atoms with Crippen molar-refractivity contribution >= 4 is 33.3 Å². The average Bonchev–Trinajstić information content (AvgIpc) is 2.47. The van der Waals surface area contributed by atoms with Gasteiger partial charge in [-0.15, -0.1) is 0 Å². The first kappa shape index (κ1) is 15.5. The fourth-order valence-corrected chi connectivity index (χ4v) is 2.16. The highest BCUT2D eigenvalue weighted by Gasteiger charge is 2.08. The average molecular weight is 353 g/mol. The highest BCUT2D eigenvalue weighted by Crippen LogP contribution is 2.30. The lowest BCUT2D eigenvalue weighted by Gasteiger charge is -2.13. The summed E-state index contributed by atoms with van der Waals surface area (Å²) in [5.41, 5.74) is 0.816. The number of benzene rings is 1. The van der Waals surface area contributed by atoms with E-state index in [9.17, 15) is 0 Å². The minimum atomic E-state index is 0.347. The molecule has 0 aliphatic carbocycles. The van der Waals surface area contributed by atoms with Crippen LogP contribution in [-0.4, -0.2) is 31.2 Å². The number of anilines is 3. The van der Waals surface area contributed by atoms with E-state index in [1.807, 2.05) is 31.3 Å². The Kier molecular flexibility index (Phi) is 5.35. The molecular formula is C14H17BrN4O2. The molecule has 1 heterocycles. The Hall–Kier alpha value is -1.86. The summed E-state index contributed by atoms with van der Waals surface area (Å²) >= 11 is 3.45. The van der Waals surface area contributed by atoms with Gasteiger partial charge in [-0.05, 0) is 18.2 Å². The number of halogens is 1. The summed E-state index contributed by atoms with van der Waals surface area (Å²) in [6.07, 6.45) is 0. The molecule has 0 unspecified atom stereocenters. The van der Waals surface area contributed by atoms with Crippen molar-refractivity contribution in [3.05, 3.63) is 34.6 Å². The molecule has 1 aromatic heterocycles. The number of nitrogens with zero attached hydrogens (tertiary/aromatic N) is 2. The molecule has 0 aliphatic heterocycles. The van der Waals surface area contributed by atoms with Crippen LogP contribution in [0.4, 0.5) is 17.3 Å². The SMILES string of the molecule is CNc1cc(Nc2cc(Br)ccc2OC)nc(COC)n1. The number of hydrogen-bond donors (Lipinski definition) is 2. The first-order valence-electron chi connectivity index (χ1n) is 6.31. The molecule has 7 heteroatoms. The third-order valence-corrected chi connectivity index (χ3v) is 3.22. The molecule has 0 radical (unpaired) electrons. The zero-order valence-corrected chi connectivity index (χ0v) is 13.7. The van der Waals surface area contributed by atoms with Crippen LogP contribution in [0.15, 0.2) is 28.7 Å². The summed E-state index contributed by atoms with van der Waals surface area (Å²) in [7, 11) is 5.05. The summed E-state index contributed by atoms with van der Waals surface area (Å²) in [6, 6.07) is 7.54. The van der Waals surface area contributed by atoms with Crippen molar-refractivity contribution in [3.63, 3.8) is 0 Å². The van der Waals surface area contributed by atoms with E-state index in [1.54, 1.807) is 14.2 Å². The maximum absolute atomic E-state index is 5.34. The number of rotatable bonds is 6. The zero-order chi connectivity index (χ0) is 15.2. The molecular weight excluding hydrogens is 336 g/mol. The predicted molar refractivity (Wildman–Crippen MR) is 86.3 cm³/mol. The molecule has 2 N–H and O–H groups in total. The monoisotopic (exact) mass is 352 g/mol. The van der Waals surface area contributed by atoms with Crippen molar-refractivity contribution in [2.75, 3.05) is 31.9 Å². The second-order valence-electron chi connectivity index (χ2n) is 4.21. The summed E-state index contributed by atoms with van der Waals surface area (Å²) in [6.45, 7) is 0.347. The molecule has 1 aromatic carbocycles. The number of methoxy groups -OCH3 is 2. The summed E-state index contributed by atoms with van der Waals surface area (Å²) < 4.78 is 11.4. The van der Waals surface area contributed by atoms with E-state index in [-0.39, 0.29) is 0 Å². The van der Waals surface area contributed by atoms with Gasteiger partial charge in [0.05, 0.1) is 12.8 Å². The van der Waals surface area contributed by atoms with Crippen molar-refractivity contribution in [2.45, 2.75) is 6.61 Å². The van der Waals surface area contributed by atoms with Crippen LogP contribution in [0.25, 0.3) is 0 Å². The van der Waals surface area contributed by atoms with Crippen molar-refractivity contribution in [1.82, 2.24) is 9.97 Å². The van der Waals surface area contributed by atoms with Gasteiger partial charge in [0.1, 0.15) is 24.0 Å². The Morgan fingerprint density at radius 3 is 2.57 bits per heavy atom. The molecule has 6 nitrogen and oxygen atoms in total. The molecule has 0 saturated heterocycles. The molecule has 21 heavy (non-hydrogen) atoms. The third kappa shape index (κ3) is 4.05. The molecule has 0 atom stereocenters. The summed E-state index contributed by atoms with van der Waals surface area (Å²) in [5.74, 6) is 2.71. The van der Waals surface area contributed by atoms with Crippen LogP contribution in [0.2, 0.25) is 0 Å². The molecule has 112 valence electrons. The minimum Gasteiger partial charge on any atom is -0.495 e. The second-order valence-corrected chi connectivity index (χ2v) is 5.12. The minimum absolute atomic E-state index is 0.347. The maximum Gasteiger partial charge on any atom is 0.158 e. The van der Waals surface area contributed by atoms with E-state index in [0.717, 1.165) is 15.9 Å². The van der Waals surface area contributed by atoms with Gasteiger partial charge in [0.25, 0.3) is 0 Å². The van der Waals surface area contributed by atoms with Crippen LogP contribution >= 0.6 is 15.9 Å². The second kappa shape index (κ2) is 7.24. The predicted octanol–water partition coefficient (Wildman–Crippen LogP) is 3.18. The fraction of sp³-hybridized carbons (Fsp3) is 0.286. The van der Waals surface area contributed by atoms with Gasteiger partial charge >= 0.3 is 0 Å². The van der Waals surface area contributed by atoms with Crippen LogP contribution < -0.4 is 15.4 Å². The van der Waals surface area contributed by atoms with Crippen LogP contribution in [-0.2, 0) is 11.3 Å². The first-order valence-corrected chi connectivity index (χ1v) is 7.10. The Bertz CT molecular complexity index is 622. The van der Waals surface area contributed by atoms with Crippen LogP contribution in [0.3, 0.4) is 0 Å². The molecule has 2 rings (SSSR count). The number of aromatic nitrogens is 2. The van der Waals surface area contributed by atoms with Gasteiger partial charge in [-0.25, -0.2) is 9.97 Å². The van der Waals surface area contributed by atoms with E-state index < -0.39 is 0 Å². The van der Waals surface area contributed by atoms with E-state index in [0.29, 0.717) is 24.1 Å². The van der Waals surface area contributed by atoms with Crippen molar-refractivity contribution in [3.8, 4) is 5.75 Å². The largest absolute Gasteiger partial charge is 0.495 e. The fourth-order valence-electron chi connectivity index (χ4n) is 1.80. The Labute approximate surface area is 132 Å². The van der Waals surface area contributed by atoms with Gasteiger partial charge in [0, 0.05) is 24.7 Å². The topological polar surface area (TPSA) is 68.3 Å². The van der Waals surface area contributed by atoms with E-state index >= 15 is 0 Å². The third-order valence-electron chi connectivity index (χ3n) is 2.73. The number of nitrogens with one attached hydrogen (secondary N) is 2. The smallest absolute Gasteiger partial charge is 0.158 e. The van der Waals surface area contributed by atoms with Gasteiger partial charge in [-0.1, -0.05) is 15.9 Å². The summed E-state index contributed by atoms with van der Waals surface area (Å²) in [4.78, 5) is 8.73. The van der Waals surface area contributed by atoms with Crippen LogP contribution in [0.1, 0.15) is 5.82 Å². The van der Waals surface area contributed by atoms with Crippen LogP contribution in [0, 0.1) is 0 Å². The van der Waals surface area contributed by atoms with Gasteiger partial charge in [0.2, 0.25) is 0 Å². The molecule has 0 bridgehead atoms. The van der Waals surface area contributed by atoms with E-state index in [1.165, 1.54) is 0 Å². The molecule has 0 fully saturated rings. The number of hydrogen-bond acceptors (Lipinski definition) is 6. The molecule has 0 saturated carbocycles. The van der Waals surface area contributed by atoms with Crippen LogP contribution in [0.5, 0.6) is 5.75 Å². The first-order chi connectivity index (χ1) is 10.2. The number of ether oxygens (including phenoxy) is 2. The highest BCUT2D eigenvalue weighted by atomic mass is 79.9. The Balaban J connectivity index is 2.34. The van der Waals surface area contributed by atoms with Gasteiger partial charge in [0.15, 0.2) is 5.82 Å². The summed E-state index contributed by atoms with van der Waals surface area (Å²) in [5, 5.41) is 6.24. The van der Waals surface area contributed by atoms with Gasteiger partial charge in [-0.2, -0.15) is 0 Å². The molecule has 0 spiro atoms. The van der Waals surface area contributed by atoms with Crippen molar-refractivity contribution < 1.29 is 9.47 Å². The lowest BCUT2D eigenvalue weighted by atomic mass is 10.3. The maximum atomic E-state index is 5.34. The van der Waals surface area contributed by atoms with Gasteiger partial charge < -0.3 is 20.1 Å². The Morgan fingerprint density at radius 2 is 1.90 bits per heavy atom. The van der Waals surface area contributed by atoms with E-state index in [2.05, 4.69) is 36.5 Å². The standard InChI is InChI=1S/C14H17BrN4O2/c1-16-12-7-13(19-14(18-12)8-20-2)17-10-6-9(15)4-5-11(10)21-3/h4-7H,8H2,1-3H3,(H2,16,17,18,19). The zero-order valence-electron chi connectivity index (χ0n) is 12.1. The lowest BCUT2D eigenvalue weighted by Crippen LogP contribution is -2.05. The molecule has 0 aliphatic rings. The Morgan fingerprint density at radius 1 is 1.14 bits per heavy atom. The van der Waals surface area contributed by atoms with Crippen molar-refractivity contribution in [2.24, 2.45) is 0 Å². The van der Waals surface area contributed by atoms with Gasteiger partial charge in [-0.3, -0.25) is 0 Å². The lowest BCUT2D eigenvalue weighted by molar-refractivity contribution is 0.178. The van der Waals surface area contributed by atoms with Crippen molar-refractivity contribution in [1.29, 1.82) is 0 Å². The highest BCUT2D eigenvalue weighted by molar-refractivity contribution is 9.10. The molecule has 0 amide bonds. The normalized spacial score (nSPS) is 10.3. The quantitative estimate of drug-likeness (QED) is 0.832. The van der Waals surface area contributed by atoms with E-state index in [4.69, 9.17) is 9.47 Å².